The molecule has 0 fully saturated rings. The minimum absolute atomic E-state index is 0.00929. The van der Waals surface area contributed by atoms with Gasteiger partial charge in [-0.2, -0.15) is 0 Å². The third-order valence-electron chi connectivity index (χ3n) is 4.84. The molecule has 1 aliphatic heterocycles. The number of nitrogens with one attached hydrogen (secondary N) is 1. The highest BCUT2D eigenvalue weighted by Crippen LogP contribution is 2.37. The summed E-state index contributed by atoms with van der Waals surface area (Å²) in [6, 6.07) is 22.6. The van der Waals surface area contributed by atoms with Crippen LogP contribution in [0.25, 0.3) is 0 Å². The van der Waals surface area contributed by atoms with Gasteiger partial charge in [0.25, 0.3) is 5.91 Å². The molecule has 3 aromatic rings. The SMILES string of the molecule is CC(NC(=O)c1ccc(N2CCCc3ccccc32)s1)c1ccccc1. The molecule has 0 radical (unpaired) electrons. The van der Waals surface area contributed by atoms with Crippen LogP contribution in [0.15, 0.2) is 66.7 Å². The molecule has 4 rings (SSSR count). The molecule has 2 heterocycles. The van der Waals surface area contributed by atoms with Crippen molar-refractivity contribution in [3.05, 3.63) is 82.7 Å². The second kappa shape index (κ2) is 7.34. The molecular weight excluding hydrogens is 340 g/mol. The molecule has 1 atom stereocenters. The number of amides is 1. The van der Waals surface area contributed by atoms with Gasteiger partial charge >= 0.3 is 0 Å². The summed E-state index contributed by atoms with van der Waals surface area (Å²) in [4.78, 5) is 15.7. The number of thiophene rings is 1. The Balaban J connectivity index is 1.51. The van der Waals surface area contributed by atoms with E-state index < -0.39 is 0 Å². The lowest BCUT2D eigenvalue weighted by Crippen LogP contribution is -2.26. The lowest BCUT2D eigenvalue weighted by Gasteiger charge is -2.30. The molecule has 1 unspecified atom stereocenters. The largest absolute Gasteiger partial charge is 0.345 e. The van der Waals surface area contributed by atoms with Gasteiger partial charge in [-0.15, -0.1) is 11.3 Å². The molecule has 1 aliphatic rings. The first-order valence-corrected chi connectivity index (χ1v) is 9.85. The highest BCUT2D eigenvalue weighted by atomic mass is 32.1. The Hall–Kier alpha value is -2.59. The fraction of sp³-hybridized carbons (Fsp3) is 0.227. The number of hydrogen-bond acceptors (Lipinski definition) is 3. The van der Waals surface area contributed by atoms with Crippen LogP contribution >= 0.6 is 11.3 Å². The van der Waals surface area contributed by atoms with Crippen LogP contribution in [0, 0.1) is 0 Å². The third-order valence-corrected chi connectivity index (χ3v) is 5.95. The lowest BCUT2D eigenvalue weighted by atomic mass is 10.0. The summed E-state index contributed by atoms with van der Waals surface area (Å²) in [7, 11) is 0. The van der Waals surface area contributed by atoms with Crippen LogP contribution < -0.4 is 10.2 Å². The first-order valence-electron chi connectivity index (χ1n) is 9.03. The molecule has 132 valence electrons. The van der Waals surface area contributed by atoms with Crippen molar-refractivity contribution in [1.82, 2.24) is 5.32 Å². The van der Waals surface area contributed by atoms with Crippen LogP contribution in [0.2, 0.25) is 0 Å². The van der Waals surface area contributed by atoms with Crippen molar-refractivity contribution in [2.24, 2.45) is 0 Å². The molecule has 0 saturated carbocycles. The van der Waals surface area contributed by atoms with Crippen LogP contribution in [0.4, 0.5) is 10.7 Å². The van der Waals surface area contributed by atoms with Gasteiger partial charge in [-0.3, -0.25) is 4.79 Å². The standard InChI is InChI=1S/C22H22N2OS/c1-16(17-8-3-2-4-9-17)23-22(25)20-13-14-21(26-20)24-15-7-11-18-10-5-6-12-19(18)24/h2-6,8-10,12-14,16H,7,11,15H2,1H3,(H,23,25). The van der Waals surface area contributed by atoms with Crippen LogP contribution in [0.5, 0.6) is 0 Å². The molecule has 3 nitrogen and oxygen atoms in total. The minimum atomic E-state index is -0.0112. The number of carbonyl (C=O) groups excluding carboxylic acids is 1. The van der Waals surface area contributed by atoms with Crippen molar-refractivity contribution < 1.29 is 4.79 Å². The molecule has 26 heavy (non-hydrogen) atoms. The van der Waals surface area contributed by atoms with E-state index in [0.717, 1.165) is 34.8 Å². The second-order valence-electron chi connectivity index (χ2n) is 6.63. The number of rotatable bonds is 4. The number of fused-ring (bicyclic) bond motifs is 1. The normalized spacial score (nSPS) is 14.6. The summed E-state index contributed by atoms with van der Waals surface area (Å²) >= 11 is 1.56. The highest BCUT2D eigenvalue weighted by molar-refractivity contribution is 7.18. The van der Waals surface area contributed by atoms with Crippen molar-refractivity contribution in [2.45, 2.75) is 25.8 Å². The Kier molecular flexibility index (Phi) is 4.76. The Morgan fingerprint density at radius 3 is 2.65 bits per heavy atom. The van der Waals surface area contributed by atoms with Gasteiger partial charge in [0, 0.05) is 12.2 Å². The predicted octanol–water partition coefficient (Wildman–Crippen LogP) is 5.32. The summed E-state index contributed by atoms with van der Waals surface area (Å²) in [5, 5.41) is 4.23. The molecule has 1 amide bonds. The zero-order valence-corrected chi connectivity index (χ0v) is 15.6. The maximum atomic E-state index is 12.7. The molecule has 0 bridgehead atoms. The van der Waals surface area contributed by atoms with E-state index in [2.05, 4.69) is 40.5 Å². The molecule has 0 saturated heterocycles. The van der Waals surface area contributed by atoms with Crippen LogP contribution in [-0.2, 0) is 6.42 Å². The van der Waals surface area contributed by atoms with Crippen LogP contribution in [0.1, 0.15) is 40.2 Å². The minimum Gasteiger partial charge on any atom is -0.345 e. The Labute approximate surface area is 158 Å². The Morgan fingerprint density at radius 2 is 1.81 bits per heavy atom. The van der Waals surface area contributed by atoms with E-state index in [9.17, 15) is 4.79 Å². The Morgan fingerprint density at radius 1 is 1.04 bits per heavy atom. The molecule has 2 aromatic carbocycles. The molecule has 0 spiro atoms. The van der Waals surface area contributed by atoms with Crippen molar-refractivity contribution in [3.63, 3.8) is 0 Å². The zero-order valence-electron chi connectivity index (χ0n) is 14.8. The fourth-order valence-electron chi connectivity index (χ4n) is 3.45. The summed E-state index contributed by atoms with van der Waals surface area (Å²) in [6.07, 6.45) is 2.27. The van der Waals surface area contributed by atoms with Gasteiger partial charge < -0.3 is 10.2 Å². The van der Waals surface area contributed by atoms with Gasteiger partial charge in [-0.1, -0.05) is 48.5 Å². The van der Waals surface area contributed by atoms with Gasteiger partial charge in [0.15, 0.2) is 0 Å². The first-order chi connectivity index (χ1) is 12.7. The number of hydrogen-bond donors (Lipinski definition) is 1. The van der Waals surface area contributed by atoms with Gasteiger partial charge in [0.1, 0.15) is 0 Å². The molecule has 4 heteroatoms. The average Bonchev–Trinajstić information content (AvgIpc) is 3.18. The van der Waals surface area contributed by atoms with E-state index in [1.165, 1.54) is 11.3 Å². The van der Waals surface area contributed by atoms with E-state index >= 15 is 0 Å². The summed E-state index contributed by atoms with van der Waals surface area (Å²) < 4.78 is 0. The summed E-state index contributed by atoms with van der Waals surface area (Å²) in [5.74, 6) is -0.0112. The number of anilines is 2. The van der Waals surface area contributed by atoms with Gasteiger partial charge in [-0.25, -0.2) is 0 Å². The van der Waals surface area contributed by atoms with Crippen LogP contribution in [-0.4, -0.2) is 12.5 Å². The topological polar surface area (TPSA) is 32.3 Å². The van der Waals surface area contributed by atoms with Gasteiger partial charge in [-0.05, 0) is 49.1 Å². The zero-order chi connectivity index (χ0) is 17.9. The van der Waals surface area contributed by atoms with E-state index in [0.29, 0.717) is 0 Å². The number of nitrogens with zero attached hydrogens (tertiary/aromatic N) is 1. The lowest BCUT2D eigenvalue weighted by molar-refractivity contribution is 0.0944. The monoisotopic (exact) mass is 362 g/mol. The number of aryl methyl sites for hydroxylation is 1. The average molecular weight is 362 g/mol. The third kappa shape index (κ3) is 3.37. The van der Waals surface area contributed by atoms with Crippen molar-refractivity contribution in [1.29, 1.82) is 0 Å². The van der Waals surface area contributed by atoms with Crippen molar-refractivity contribution in [3.8, 4) is 0 Å². The van der Waals surface area contributed by atoms with E-state index in [4.69, 9.17) is 0 Å². The second-order valence-corrected chi connectivity index (χ2v) is 7.69. The van der Waals surface area contributed by atoms with Gasteiger partial charge in [0.05, 0.1) is 15.9 Å². The molecule has 1 aromatic heterocycles. The van der Waals surface area contributed by atoms with Gasteiger partial charge in [0.2, 0.25) is 0 Å². The maximum absolute atomic E-state index is 12.7. The summed E-state index contributed by atoms with van der Waals surface area (Å²) in [5.41, 5.74) is 3.77. The number of para-hydroxylation sites is 1. The highest BCUT2D eigenvalue weighted by Gasteiger charge is 2.21. The Bertz CT molecular complexity index is 903. The van der Waals surface area contributed by atoms with E-state index in [1.54, 1.807) is 11.3 Å². The van der Waals surface area contributed by atoms with E-state index in [-0.39, 0.29) is 11.9 Å². The van der Waals surface area contributed by atoms with Crippen LogP contribution in [0.3, 0.4) is 0 Å². The molecular formula is C22H22N2OS. The van der Waals surface area contributed by atoms with Crippen molar-refractivity contribution >= 4 is 27.9 Å². The van der Waals surface area contributed by atoms with E-state index in [1.807, 2.05) is 43.3 Å². The number of benzene rings is 2. The quantitative estimate of drug-likeness (QED) is 0.681. The molecule has 0 aliphatic carbocycles. The smallest absolute Gasteiger partial charge is 0.261 e. The fourth-order valence-corrected chi connectivity index (χ4v) is 4.40. The first kappa shape index (κ1) is 16.9. The maximum Gasteiger partial charge on any atom is 0.261 e. The summed E-state index contributed by atoms with van der Waals surface area (Å²) in [6.45, 7) is 3.02. The predicted molar refractivity (Wildman–Crippen MR) is 108 cm³/mol. The molecule has 1 N–H and O–H groups in total. The number of carbonyl (C=O) groups is 1. The van der Waals surface area contributed by atoms with Crippen molar-refractivity contribution in [2.75, 3.05) is 11.4 Å².